The fraction of sp³-hybridized carbons (Fsp3) is 0.286. The van der Waals surface area contributed by atoms with Crippen LogP contribution >= 0.6 is 0 Å². The van der Waals surface area contributed by atoms with E-state index in [2.05, 4.69) is 5.32 Å². The number of hydrogen-bond donors (Lipinski definition) is 1. The number of carbonyl (C=O) groups is 2. The highest BCUT2D eigenvalue weighted by atomic mass is 32.2. The van der Waals surface area contributed by atoms with Gasteiger partial charge in [-0.2, -0.15) is 0 Å². The standard InChI is InChI=1S/C28H31F2N3O4S/c1-20(27(35)31-28(2,3)4)32(18-21-10-12-22(29)13-11-21)26(34)19-33(24-16-14-23(30)15-17-24)38(36,37)25-8-6-5-7-9-25/h5-17,20H,18-19H2,1-4H3,(H,31,35)/t20-/m0/s1. The van der Waals surface area contributed by atoms with Crippen LogP contribution in [0, 0.1) is 11.6 Å². The molecule has 2 amide bonds. The van der Waals surface area contributed by atoms with Gasteiger partial charge in [-0.25, -0.2) is 17.2 Å². The summed E-state index contributed by atoms with van der Waals surface area (Å²) in [5.41, 5.74) is 0.0544. The summed E-state index contributed by atoms with van der Waals surface area (Å²) in [6, 6.07) is 16.8. The number of nitrogens with one attached hydrogen (secondary N) is 1. The number of nitrogens with zero attached hydrogens (tertiary/aromatic N) is 2. The van der Waals surface area contributed by atoms with Gasteiger partial charge in [0.2, 0.25) is 11.8 Å². The summed E-state index contributed by atoms with van der Waals surface area (Å²) < 4.78 is 55.2. The van der Waals surface area contributed by atoms with Crippen LogP contribution in [0.1, 0.15) is 33.3 Å². The smallest absolute Gasteiger partial charge is 0.264 e. The van der Waals surface area contributed by atoms with Crippen LogP contribution in [-0.4, -0.2) is 43.3 Å². The molecule has 0 saturated carbocycles. The molecule has 0 radical (unpaired) electrons. The second-order valence-corrected chi connectivity index (χ2v) is 11.7. The van der Waals surface area contributed by atoms with E-state index in [1.54, 1.807) is 39.0 Å². The topological polar surface area (TPSA) is 86.8 Å². The van der Waals surface area contributed by atoms with E-state index >= 15 is 0 Å². The number of rotatable bonds is 9. The summed E-state index contributed by atoms with van der Waals surface area (Å²) in [5, 5.41) is 2.83. The SMILES string of the molecule is C[C@@H](C(=O)NC(C)(C)C)N(Cc1ccc(F)cc1)C(=O)CN(c1ccc(F)cc1)S(=O)(=O)c1ccccc1. The lowest BCUT2D eigenvalue weighted by molar-refractivity contribution is -0.140. The van der Waals surface area contributed by atoms with Gasteiger partial charge in [-0.05, 0) is 81.8 Å². The highest BCUT2D eigenvalue weighted by Crippen LogP contribution is 2.25. The van der Waals surface area contributed by atoms with Gasteiger partial charge in [0.1, 0.15) is 24.2 Å². The van der Waals surface area contributed by atoms with Gasteiger partial charge in [0.05, 0.1) is 10.6 Å². The first kappa shape index (κ1) is 28.8. The molecule has 38 heavy (non-hydrogen) atoms. The molecular weight excluding hydrogens is 512 g/mol. The predicted molar refractivity (Wildman–Crippen MR) is 142 cm³/mol. The molecule has 1 N–H and O–H groups in total. The van der Waals surface area contributed by atoms with E-state index < -0.39 is 51.6 Å². The van der Waals surface area contributed by atoms with Gasteiger partial charge in [-0.3, -0.25) is 13.9 Å². The average molecular weight is 544 g/mol. The second kappa shape index (κ2) is 11.7. The van der Waals surface area contributed by atoms with Crippen molar-refractivity contribution in [2.45, 2.75) is 50.7 Å². The number of halogens is 2. The van der Waals surface area contributed by atoms with Crippen molar-refractivity contribution < 1.29 is 26.8 Å². The van der Waals surface area contributed by atoms with E-state index in [4.69, 9.17) is 0 Å². The predicted octanol–water partition coefficient (Wildman–Crippen LogP) is 4.49. The minimum absolute atomic E-state index is 0.0549. The van der Waals surface area contributed by atoms with E-state index in [1.807, 2.05) is 0 Å². The summed E-state index contributed by atoms with van der Waals surface area (Å²) in [4.78, 5) is 28.0. The van der Waals surface area contributed by atoms with Crippen LogP contribution < -0.4 is 9.62 Å². The molecule has 202 valence electrons. The molecule has 3 aromatic rings. The molecular formula is C28H31F2N3O4S. The third-order valence-corrected chi connectivity index (χ3v) is 7.44. The molecule has 1 atom stereocenters. The number of hydrogen-bond acceptors (Lipinski definition) is 4. The second-order valence-electron chi connectivity index (χ2n) is 9.86. The zero-order valence-electron chi connectivity index (χ0n) is 21.7. The third kappa shape index (κ3) is 7.38. The maximum absolute atomic E-state index is 13.7. The van der Waals surface area contributed by atoms with Gasteiger partial charge in [0, 0.05) is 12.1 Å². The number of amides is 2. The fourth-order valence-corrected chi connectivity index (χ4v) is 5.13. The molecule has 0 unspecified atom stereocenters. The maximum atomic E-state index is 13.7. The molecule has 0 aliphatic rings. The monoisotopic (exact) mass is 543 g/mol. The van der Waals surface area contributed by atoms with Crippen LogP contribution in [0.4, 0.5) is 14.5 Å². The van der Waals surface area contributed by atoms with Gasteiger partial charge < -0.3 is 10.2 Å². The molecule has 3 rings (SSSR count). The van der Waals surface area contributed by atoms with Crippen molar-refractivity contribution in [1.29, 1.82) is 0 Å². The zero-order valence-corrected chi connectivity index (χ0v) is 22.5. The van der Waals surface area contributed by atoms with Gasteiger partial charge in [0.25, 0.3) is 10.0 Å². The summed E-state index contributed by atoms with van der Waals surface area (Å²) in [6.07, 6.45) is 0. The van der Waals surface area contributed by atoms with Gasteiger partial charge in [0.15, 0.2) is 0 Å². The van der Waals surface area contributed by atoms with Crippen molar-refractivity contribution in [1.82, 2.24) is 10.2 Å². The van der Waals surface area contributed by atoms with Crippen LogP contribution in [0.3, 0.4) is 0 Å². The minimum atomic E-state index is -4.24. The number of sulfonamides is 1. The Morgan fingerprint density at radius 3 is 1.92 bits per heavy atom. The van der Waals surface area contributed by atoms with Gasteiger partial charge in [-0.15, -0.1) is 0 Å². The molecule has 0 heterocycles. The van der Waals surface area contributed by atoms with Crippen molar-refractivity contribution in [3.8, 4) is 0 Å². The Bertz CT molecular complexity index is 1360. The highest BCUT2D eigenvalue weighted by Gasteiger charge is 2.33. The minimum Gasteiger partial charge on any atom is -0.350 e. The van der Waals surface area contributed by atoms with E-state index in [0.717, 1.165) is 16.4 Å². The van der Waals surface area contributed by atoms with Crippen molar-refractivity contribution in [3.05, 3.63) is 96.1 Å². The Morgan fingerprint density at radius 1 is 0.868 bits per heavy atom. The Kier molecular flexibility index (Phi) is 8.88. The quantitative estimate of drug-likeness (QED) is 0.431. The molecule has 7 nitrogen and oxygen atoms in total. The molecule has 0 bridgehead atoms. The summed E-state index contributed by atoms with van der Waals surface area (Å²) in [5.74, 6) is -2.13. The van der Waals surface area contributed by atoms with Crippen molar-refractivity contribution >= 4 is 27.5 Å². The largest absolute Gasteiger partial charge is 0.350 e. The molecule has 0 aromatic heterocycles. The van der Waals surface area contributed by atoms with Crippen molar-refractivity contribution in [2.75, 3.05) is 10.8 Å². The number of benzene rings is 3. The Morgan fingerprint density at radius 2 is 1.39 bits per heavy atom. The maximum Gasteiger partial charge on any atom is 0.264 e. The molecule has 3 aromatic carbocycles. The Labute approximate surface area is 222 Å². The van der Waals surface area contributed by atoms with Crippen molar-refractivity contribution in [3.63, 3.8) is 0 Å². The van der Waals surface area contributed by atoms with Crippen LogP contribution in [0.2, 0.25) is 0 Å². The van der Waals surface area contributed by atoms with Gasteiger partial charge in [-0.1, -0.05) is 30.3 Å². The van der Waals surface area contributed by atoms with Crippen LogP contribution in [-0.2, 0) is 26.2 Å². The normalized spacial score (nSPS) is 12.5. The molecule has 0 aliphatic heterocycles. The van der Waals surface area contributed by atoms with Crippen LogP contribution in [0.25, 0.3) is 0 Å². The summed E-state index contributed by atoms with van der Waals surface area (Å²) >= 11 is 0. The lowest BCUT2D eigenvalue weighted by atomic mass is 10.1. The van der Waals surface area contributed by atoms with E-state index in [0.29, 0.717) is 5.56 Å². The molecule has 0 spiro atoms. The zero-order chi connectivity index (χ0) is 28.1. The summed E-state index contributed by atoms with van der Waals surface area (Å²) in [7, 11) is -4.24. The van der Waals surface area contributed by atoms with E-state index in [9.17, 15) is 26.8 Å². The molecule has 0 saturated heterocycles. The molecule has 0 aliphatic carbocycles. The first-order valence-corrected chi connectivity index (χ1v) is 13.4. The van der Waals surface area contributed by atoms with Crippen molar-refractivity contribution in [2.24, 2.45) is 0 Å². The Hall–Kier alpha value is -3.79. The van der Waals surface area contributed by atoms with Crippen LogP contribution in [0.15, 0.2) is 83.8 Å². The fourth-order valence-electron chi connectivity index (χ4n) is 3.70. The lowest BCUT2D eigenvalue weighted by Crippen LogP contribution is -2.54. The third-order valence-electron chi connectivity index (χ3n) is 5.66. The number of anilines is 1. The first-order chi connectivity index (χ1) is 17.8. The number of carbonyl (C=O) groups excluding carboxylic acids is 2. The van der Waals surface area contributed by atoms with Crippen LogP contribution in [0.5, 0.6) is 0 Å². The van der Waals surface area contributed by atoms with E-state index in [1.165, 1.54) is 60.4 Å². The highest BCUT2D eigenvalue weighted by molar-refractivity contribution is 7.92. The average Bonchev–Trinajstić information content (AvgIpc) is 2.86. The summed E-state index contributed by atoms with van der Waals surface area (Å²) in [6.45, 7) is 6.21. The molecule has 0 fully saturated rings. The van der Waals surface area contributed by atoms with Gasteiger partial charge >= 0.3 is 0 Å². The first-order valence-electron chi connectivity index (χ1n) is 12.0. The lowest BCUT2D eigenvalue weighted by Gasteiger charge is -2.33. The van der Waals surface area contributed by atoms with E-state index in [-0.39, 0.29) is 17.1 Å². The molecule has 10 heteroatoms. The Balaban J connectivity index is 2.01.